The Hall–Kier alpha value is -1.91. The van der Waals surface area contributed by atoms with Gasteiger partial charge in [0.25, 0.3) is 5.91 Å². The molecule has 0 fully saturated rings. The highest BCUT2D eigenvalue weighted by Crippen LogP contribution is 2.03. The minimum absolute atomic E-state index is 0.218. The summed E-state index contributed by atoms with van der Waals surface area (Å²) in [6, 6.07) is 1.59. The third kappa shape index (κ3) is 4.95. The summed E-state index contributed by atoms with van der Waals surface area (Å²) in [5.74, 6) is 0.891. The molecule has 0 unspecified atom stereocenters. The summed E-state index contributed by atoms with van der Waals surface area (Å²) in [5.41, 5.74) is 0.360. The average molecular weight is 248 g/mol. The maximum Gasteiger partial charge on any atom is 0.270 e. The predicted molar refractivity (Wildman–Crippen MR) is 72.5 cm³/mol. The highest BCUT2D eigenvalue weighted by Gasteiger charge is 2.07. The third-order valence-corrected chi connectivity index (χ3v) is 2.30. The van der Waals surface area contributed by atoms with E-state index in [9.17, 15) is 4.79 Å². The lowest BCUT2D eigenvalue weighted by atomic mass is 10.1. The molecule has 0 atom stereocenters. The Morgan fingerprint density at radius 2 is 2.33 bits per heavy atom. The fourth-order valence-electron chi connectivity index (χ4n) is 1.30. The molecule has 1 heterocycles. The van der Waals surface area contributed by atoms with Gasteiger partial charge >= 0.3 is 0 Å². The van der Waals surface area contributed by atoms with Gasteiger partial charge in [0.15, 0.2) is 0 Å². The lowest BCUT2D eigenvalue weighted by molar-refractivity contribution is 0.0953. The van der Waals surface area contributed by atoms with E-state index in [1.165, 1.54) is 0 Å². The van der Waals surface area contributed by atoms with Gasteiger partial charge in [0.1, 0.15) is 5.69 Å². The van der Waals surface area contributed by atoms with Crippen molar-refractivity contribution in [2.24, 2.45) is 5.92 Å². The molecule has 0 spiro atoms. The van der Waals surface area contributed by atoms with E-state index in [1.54, 1.807) is 18.3 Å². The Balaban J connectivity index is 2.55. The molecular weight excluding hydrogens is 228 g/mol. The summed E-state index contributed by atoms with van der Waals surface area (Å²) >= 11 is 0. The van der Waals surface area contributed by atoms with Crippen molar-refractivity contribution in [3.63, 3.8) is 0 Å². The first-order valence-electron chi connectivity index (χ1n) is 6.09. The molecule has 0 aliphatic carbocycles. The molecule has 0 aliphatic rings. The van der Waals surface area contributed by atoms with Crippen LogP contribution < -0.4 is 10.6 Å². The summed E-state index contributed by atoms with van der Waals surface area (Å²) in [6.07, 6.45) is 4.24. The van der Waals surface area contributed by atoms with Crippen molar-refractivity contribution >= 4 is 11.9 Å². The van der Waals surface area contributed by atoms with E-state index in [4.69, 9.17) is 0 Å². The van der Waals surface area contributed by atoms with Crippen LogP contribution >= 0.6 is 0 Å². The Labute approximate surface area is 108 Å². The van der Waals surface area contributed by atoms with Crippen LogP contribution in [0.25, 0.3) is 0 Å². The van der Waals surface area contributed by atoms with Crippen LogP contribution in [0.1, 0.15) is 30.8 Å². The van der Waals surface area contributed by atoms with Crippen molar-refractivity contribution in [2.45, 2.75) is 20.3 Å². The molecule has 2 N–H and O–H groups in total. The quantitative estimate of drug-likeness (QED) is 0.723. The zero-order valence-electron chi connectivity index (χ0n) is 10.9. The van der Waals surface area contributed by atoms with Crippen LogP contribution in [0, 0.1) is 5.92 Å². The number of anilines is 1. The van der Waals surface area contributed by atoms with E-state index < -0.39 is 0 Å². The van der Waals surface area contributed by atoms with E-state index >= 15 is 0 Å². The van der Waals surface area contributed by atoms with E-state index in [0.717, 1.165) is 13.0 Å². The number of rotatable bonds is 7. The van der Waals surface area contributed by atoms with Gasteiger partial charge < -0.3 is 10.6 Å². The van der Waals surface area contributed by atoms with Crippen molar-refractivity contribution in [3.8, 4) is 0 Å². The van der Waals surface area contributed by atoms with Gasteiger partial charge in [-0.25, -0.2) is 9.97 Å². The molecule has 0 bridgehead atoms. The minimum atomic E-state index is -0.218. The Morgan fingerprint density at radius 1 is 1.56 bits per heavy atom. The number of carbonyl (C=O) groups excluding carboxylic acids is 1. The molecule has 0 aromatic carbocycles. The second-order valence-electron chi connectivity index (χ2n) is 4.37. The van der Waals surface area contributed by atoms with Crippen molar-refractivity contribution in [3.05, 3.63) is 30.6 Å². The minimum Gasteiger partial charge on any atom is -0.354 e. The van der Waals surface area contributed by atoms with E-state index in [2.05, 4.69) is 41.0 Å². The number of hydrogen-bond acceptors (Lipinski definition) is 4. The lowest BCUT2D eigenvalue weighted by Gasteiger charge is -2.07. The fourth-order valence-corrected chi connectivity index (χ4v) is 1.30. The summed E-state index contributed by atoms with van der Waals surface area (Å²) in [5, 5.41) is 5.78. The molecule has 5 nitrogen and oxygen atoms in total. The molecule has 0 saturated carbocycles. The zero-order valence-corrected chi connectivity index (χ0v) is 10.9. The number of hydrogen-bond donors (Lipinski definition) is 2. The first-order valence-corrected chi connectivity index (χ1v) is 6.09. The SMILES string of the molecule is C=CCNC(=O)c1ccnc(NCCC(C)C)n1. The highest BCUT2D eigenvalue weighted by atomic mass is 16.1. The largest absolute Gasteiger partial charge is 0.354 e. The van der Waals surface area contributed by atoms with Crippen molar-refractivity contribution in [1.29, 1.82) is 0 Å². The maximum absolute atomic E-state index is 11.7. The first kappa shape index (κ1) is 14.2. The van der Waals surface area contributed by atoms with Gasteiger partial charge in [-0.2, -0.15) is 0 Å². The van der Waals surface area contributed by atoms with Gasteiger partial charge in [-0.05, 0) is 18.4 Å². The molecule has 18 heavy (non-hydrogen) atoms. The van der Waals surface area contributed by atoms with Crippen LogP contribution in [0.5, 0.6) is 0 Å². The predicted octanol–water partition coefficient (Wildman–Crippen LogP) is 1.85. The van der Waals surface area contributed by atoms with Gasteiger partial charge in [-0.1, -0.05) is 19.9 Å². The molecule has 1 rings (SSSR count). The van der Waals surface area contributed by atoms with Crippen molar-refractivity contribution in [2.75, 3.05) is 18.4 Å². The molecular formula is C13H20N4O. The normalized spacial score (nSPS) is 10.2. The van der Waals surface area contributed by atoms with Crippen LogP contribution in [0.2, 0.25) is 0 Å². The highest BCUT2D eigenvalue weighted by molar-refractivity contribution is 5.92. The van der Waals surface area contributed by atoms with Crippen LogP contribution in [-0.4, -0.2) is 29.0 Å². The van der Waals surface area contributed by atoms with E-state index in [1.807, 2.05) is 0 Å². The van der Waals surface area contributed by atoms with Gasteiger partial charge in [-0.15, -0.1) is 6.58 Å². The van der Waals surface area contributed by atoms with Gasteiger partial charge in [0.05, 0.1) is 0 Å². The molecule has 0 aliphatic heterocycles. The lowest BCUT2D eigenvalue weighted by Crippen LogP contribution is -2.24. The molecule has 5 heteroatoms. The number of nitrogens with one attached hydrogen (secondary N) is 2. The number of nitrogens with zero attached hydrogens (tertiary/aromatic N) is 2. The molecule has 0 radical (unpaired) electrons. The smallest absolute Gasteiger partial charge is 0.270 e. The molecule has 1 amide bonds. The van der Waals surface area contributed by atoms with E-state index in [-0.39, 0.29) is 5.91 Å². The number of carbonyl (C=O) groups is 1. The topological polar surface area (TPSA) is 66.9 Å². The van der Waals surface area contributed by atoms with E-state index in [0.29, 0.717) is 24.1 Å². The molecule has 1 aromatic heterocycles. The summed E-state index contributed by atoms with van der Waals surface area (Å²) < 4.78 is 0. The molecule has 98 valence electrons. The second-order valence-corrected chi connectivity index (χ2v) is 4.37. The second kappa shape index (κ2) is 7.42. The van der Waals surface area contributed by atoms with Gasteiger partial charge in [0.2, 0.25) is 5.95 Å². The van der Waals surface area contributed by atoms with Crippen molar-refractivity contribution < 1.29 is 4.79 Å². The third-order valence-electron chi connectivity index (χ3n) is 2.30. The van der Waals surface area contributed by atoms with Crippen LogP contribution in [0.4, 0.5) is 5.95 Å². The van der Waals surface area contributed by atoms with Crippen molar-refractivity contribution in [1.82, 2.24) is 15.3 Å². The monoisotopic (exact) mass is 248 g/mol. The summed E-state index contributed by atoms with van der Waals surface area (Å²) in [6.45, 7) is 9.08. The zero-order chi connectivity index (χ0) is 13.4. The van der Waals surface area contributed by atoms with Crippen LogP contribution in [0.3, 0.4) is 0 Å². The Kier molecular flexibility index (Phi) is 5.84. The van der Waals surface area contributed by atoms with Crippen LogP contribution in [-0.2, 0) is 0 Å². The molecule has 1 aromatic rings. The molecule has 0 saturated heterocycles. The van der Waals surface area contributed by atoms with Crippen LogP contribution in [0.15, 0.2) is 24.9 Å². The first-order chi connectivity index (χ1) is 8.63. The Bertz CT molecular complexity index is 404. The van der Waals surface area contributed by atoms with Gasteiger partial charge in [0, 0.05) is 19.3 Å². The summed E-state index contributed by atoms with van der Waals surface area (Å²) in [4.78, 5) is 19.9. The standard InChI is InChI=1S/C13H20N4O/c1-4-7-14-12(18)11-6-9-16-13(17-11)15-8-5-10(2)3/h4,6,9-10H,1,5,7-8H2,2-3H3,(H,14,18)(H,15,16,17). The summed E-state index contributed by atoms with van der Waals surface area (Å²) in [7, 11) is 0. The number of aromatic nitrogens is 2. The number of amides is 1. The average Bonchev–Trinajstić information content (AvgIpc) is 2.36. The maximum atomic E-state index is 11.7. The fraction of sp³-hybridized carbons (Fsp3) is 0.462. The Morgan fingerprint density at radius 3 is 3.00 bits per heavy atom. The van der Waals surface area contributed by atoms with Gasteiger partial charge in [-0.3, -0.25) is 4.79 Å².